The van der Waals surface area contributed by atoms with Crippen molar-refractivity contribution in [1.29, 1.82) is 0 Å². The number of aliphatic imine (C=N–C) groups is 1. The maximum absolute atomic E-state index is 5.50. The summed E-state index contributed by atoms with van der Waals surface area (Å²) < 4.78 is 12.7. The summed E-state index contributed by atoms with van der Waals surface area (Å²) in [6.45, 7) is 9.79. The van der Waals surface area contributed by atoms with Gasteiger partial charge >= 0.3 is 0 Å². The lowest BCUT2D eigenvalue weighted by molar-refractivity contribution is 0.0746. The standard InChI is InChI=1S/C17H31N5O2.HI/c1-4-19-17(20-7-10-24-12-11-23-3)21-8-5-15(2)16(13-21)22-9-6-18-14-22;/h6,9,14-16H,4-5,7-8,10-13H2,1-3H3,(H,19,20);1H. The molecule has 144 valence electrons. The number of guanidine groups is 1. The number of hydrogen-bond acceptors (Lipinski definition) is 4. The van der Waals surface area contributed by atoms with Gasteiger partial charge in [-0.3, -0.25) is 4.99 Å². The predicted octanol–water partition coefficient (Wildman–Crippen LogP) is 2.01. The Morgan fingerprint density at radius 3 is 2.88 bits per heavy atom. The molecule has 1 fully saturated rings. The molecule has 2 rings (SSSR count). The Morgan fingerprint density at radius 1 is 1.36 bits per heavy atom. The van der Waals surface area contributed by atoms with Crippen molar-refractivity contribution in [2.24, 2.45) is 10.9 Å². The van der Waals surface area contributed by atoms with Gasteiger partial charge in [0, 0.05) is 39.1 Å². The molecule has 0 aromatic carbocycles. The number of imidazole rings is 1. The highest BCUT2D eigenvalue weighted by Crippen LogP contribution is 2.27. The van der Waals surface area contributed by atoms with Gasteiger partial charge in [-0.25, -0.2) is 4.98 Å². The molecule has 25 heavy (non-hydrogen) atoms. The Kier molecular flexibility index (Phi) is 11.1. The molecule has 8 heteroatoms. The normalized spacial score (nSPS) is 21.1. The monoisotopic (exact) mass is 465 g/mol. The summed E-state index contributed by atoms with van der Waals surface area (Å²) in [5, 5.41) is 3.41. The summed E-state index contributed by atoms with van der Waals surface area (Å²) in [6.07, 6.45) is 6.97. The van der Waals surface area contributed by atoms with Crippen molar-refractivity contribution >= 4 is 29.9 Å². The number of halogens is 1. The highest BCUT2D eigenvalue weighted by Gasteiger charge is 2.28. The number of nitrogens with zero attached hydrogens (tertiary/aromatic N) is 4. The fourth-order valence-corrected chi connectivity index (χ4v) is 2.98. The van der Waals surface area contributed by atoms with Gasteiger partial charge in [0.1, 0.15) is 0 Å². The lowest BCUT2D eigenvalue weighted by Crippen LogP contribution is -2.49. The molecular formula is C17H32IN5O2. The Balaban J connectivity index is 0.00000312. The lowest BCUT2D eigenvalue weighted by atomic mass is 9.93. The summed E-state index contributed by atoms with van der Waals surface area (Å²) in [5.41, 5.74) is 0. The number of aromatic nitrogens is 2. The second-order valence-corrected chi connectivity index (χ2v) is 6.13. The van der Waals surface area contributed by atoms with Gasteiger partial charge in [-0.2, -0.15) is 0 Å². The predicted molar refractivity (Wildman–Crippen MR) is 111 cm³/mol. The highest BCUT2D eigenvalue weighted by molar-refractivity contribution is 14.0. The van der Waals surface area contributed by atoms with Gasteiger partial charge < -0.3 is 24.3 Å². The van der Waals surface area contributed by atoms with Crippen LogP contribution in [0.1, 0.15) is 26.3 Å². The van der Waals surface area contributed by atoms with Crippen LogP contribution in [0.25, 0.3) is 0 Å². The summed E-state index contributed by atoms with van der Waals surface area (Å²) >= 11 is 0. The first-order valence-corrected chi connectivity index (χ1v) is 8.83. The lowest BCUT2D eigenvalue weighted by Gasteiger charge is -2.39. The zero-order valence-electron chi connectivity index (χ0n) is 15.6. The maximum Gasteiger partial charge on any atom is 0.194 e. The van der Waals surface area contributed by atoms with Gasteiger partial charge in [-0.1, -0.05) is 6.92 Å². The second-order valence-electron chi connectivity index (χ2n) is 6.13. The molecule has 1 aliphatic heterocycles. The maximum atomic E-state index is 5.50. The largest absolute Gasteiger partial charge is 0.382 e. The molecule has 2 unspecified atom stereocenters. The van der Waals surface area contributed by atoms with E-state index < -0.39 is 0 Å². The Bertz CT molecular complexity index is 483. The minimum absolute atomic E-state index is 0. The second kappa shape index (κ2) is 12.5. The number of likely N-dealkylation sites (tertiary alicyclic amines) is 1. The Labute approximate surface area is 168 Å². The topological polar surface area (TPSA) is 63.9 Å². The van der Waals surface area contributed by atoms with E-state index in [-0.39, 0.29) is 24.0 Å². The van der Waals surface area contributed by atoms with Crippen molar-refractivity contribution in [3.8, 4) is 0 Å². The van der Waals surface area contributed by atoms with Crippen LogP contribution in [0, 0.1) is 5.92 Å². The summed E-state index contributed by atoms with van der Waals surface area (Å²) in [4.78, 5) is 11.3. The van der Waals surface area contributed by atoms with Crippen molar-refractivity contribution < 1.29 is 9.47 Å². The van der Waals surface area contributed by atoms with Crippen molar-refractivity contribution in [2.45, 2.75) is 26.3 Å². The van der Waals surface area contributed by atoms with Crippen LogP contribution >= 0.6 is 24.0 Å². The smallest absolute Gasteiger partial charge is 0.194 e. The zero-order chi connectivity index (χ0) is 17.2. The van der Waals surface area contributed by atoms with Crippen LogP contribution < -0.4 is 5.32 Å². The van der Waals surface area contributed by atoms with Gasteiger partial charge in [0.15, 0.2) is 5.96 Å². The van der Waals surface area contributed by atoms with Gasteiger partial charge in [0.2, 0.25) is 0 Å². The van der Waals surface area contributed by atoms with Gasteiger partial charge in [-0.05, 0) is 19.3 Å². The number of piperidine rings is 1. The molecule has 1 aromatic heterocycles. The number of nitrogens with one attached hydrogen (secondary N) is 1. The molecule has 0 bridgehead atoms. The SMILES string of the molecule is CCNC(=NCCOCCOC)N1CCC(C)C(n2ccnc2)C1.I. The molecule has 1 saturated heterocycles. The Hall–Kier alpha value is -0.870. The fourth-order valence-electron chi connectivity index (χ4n) is 2.98. The minimum atomic E-state index is 0. The van der Waals surface area contributed by atoms with Crippen LogP contribution in [0.15, 0.2) is 23.7 Å². The fraction of sp³-hybridized carbons (Fsp3) is 0.765. The number of ether oxygens (including phenoxy) is 2. The average molecular weight is 465 g/mol. The quantitative estimate of drug-likeness (QED) is 0.276. The summed E-state index contributed by atoms with van der Waals surface area (Å²) in [7, 11) is 1.68. The molecule has 2 atom stereocenters. The van der Waals surface area contributed by atoms with Crippen LogP contribution in [0.4, 0.5) is 0 Å². The van der Waals surface area contributed by atoms with Crippen LogP contribution in [0.2, 0.25) is 0 Å². The zero-order valence-corrected chi connectivity index (χ0v) is 17.9. The molecule has 1 N–H and O–H groups in total. The third-order valence-electron chi connectivity index (χ3n) is 4.39. The van der Waals surface area contributed by atoms with Crippen LogP contribution in [-0.4, -0.2) is 73.5 Å². The molecule has 0 radical (unpaired) electrons. The molecule has 0 spiro atoms. The number of hydrogen-bond donors (Lipinski definition) is 1. The molecule has 0 aliphatic carbocycles. The molecule has 0 saturated carbocycles. The average Bonchev–Trinajstić information content (AvgIpc) is 3.12. The van der Waals surface area contributed by atoms with E-state index in [0.29, 0.717) is 38.3 Å². The van der Waals surface area contributed by atoms with Gasteiger partial charge in [-0.15, -0.1) is 24.0 Å². The van der Waals surface area contributed by atoms with E-state index >= 15 is 0 Å². The van der Waals surface area contributed by atoms with E-state index in [2.05, 4.69) is 39.8 Å². The number of methoxy groups -OCH3 is 1. The van der Waals surface area contributed by atoms with Crippen LogP contribution in [0.5, 0.6) is 0 Å². The van der Waals surface area contributed by atoms with E-state index in [1.807, 2.05) is 12.5 Å². The molecule has 0 amide bonds. The van der Waals surface area contributed by atoms with Crippen molar-refractivity contribution in [3.63, 3.8) is 0 Å². The molecule has 1 aromatic rings. The Morgan fingerprint density at radius 2 is 2.20 bits per heavy atom. The third-order valence-corrected chi connectivity index (χ3v) is 4.39. The number of rotatable bonds is 8. The van der Waals surface area contributed by atoms with Crippen molar-refractivity contribution in [1.82, 2.24) is 19.8 Å². The highest BCUT2D eigenvalue weighted by atomic mass is 127. The first-order chi connectivity index (χ1) is 11.8. The van der Waals surface area contributed by atoms with E-state index in [9.17, 15) is 0 Å². The van der Waals surface area contributed by atoms with E-state index in [0.717, 1.165) is 32.0 Å². The van der Waals surface area contributed by atoms with Crippen LogP contribution in [-0.2, 0) is 9.47 Å². The van der Waals surface area contributed by atoms with E-state index in [1.54, 1.807) is 7.11 Å². The van der Waals surface area contributed by atoms with E-state index in [4.69, 9.17) is 14.5 Å². The van der Waals surface area contributed by atoms with Gasteiger partial charge in [0.25, 0.3) is 0 Å². The van der Waals surface area contributed by atoms with Gasteiger partial charge in [0.05, 0.1) is 38.7 Å². The molecule has 2 heterocycles. The first kappa shape index (κ1) is 22.2. The molecular weight excluding hydrogens is 433 g/mol. The van der Waals surface area contributed by atoms with Crippen molar-refractivity contribution in [2.75, 3.05) is 53.1 Å². The molecule has 7 nitrogen and oxygen atoms in total. The van der Waals surface area contributed by atoms with E-state index in [1.165, 1.54) is 0 Å². The first-order valence-electron chi connectivity index (χ1n) is 8.83. The minimum Gasteiger partial charge on any atom is -0.382 e. The third kappa shape index (κ3) is 7.10. The summed E-state index contributed by atoms with van der Waals surface area (Å²) in [6, 6.07) is 0.433. The molecule has 1 aliphatic rings. The summed E-state index contributed by atoms with van der Waals surface area (Å²) in [5.74, 6) is 1.61. The van der Waals surface area contributed by atoms with Crippen LogP contribution in [0.3, 0.4) is 0 Å². The van der Waals surface area contributed by atoms with Crippen molar-refractivity contribution in [3.05, 3.63) is 18.7 Å².